The Balaban J connectivity index is 2.22. The topological polar surface area (TPSA) is 52.6 Å². The van der Waals surface area contributed by atoms with Crippen LogP contribution in [0.2, 0.25) is 0 Å². The molecule has 1 aliphatic rings. The van der Waals surface area contributed by atoms with Gasteiger partial charge in [-0.05, 0) is 58.5 Å². The van der Waals surface area contributed by atoms with Crippen molar-refractivity contribution in [2.75, 3.05) is 20.1 Å². The van der Waals surface area contributed by atoms with Crippen molar-refractivity contribution in [1.82, 2.24) is 10.2 Å². The molecule has 19 heavy (non-hydrogen) atoms. The van der Waals surface area contributed by atoms with Crippen molar-refractivity contribution < 1.29 is 9.90 Å². The maximum absolute atomic E-state index is 11.4. The molecule has 0 spiro atoms. The van der Waals surface area contributed by atoms with Gasteiger partial charge in [0.1, 0.15) is 5.54 Å². The van der Waals surface area contributed by atoms with Gasteiger partial charge in [-0.15, -0.1) is 0 Å². The van der Waals surface area contributed by atoms with E-state index >= 15 is 0 Å². The van der Waals surface area contributed by atoms with Gasteiger partial charge in [0.2, 0.25) is 0 Å². The van der Waals surface area contributed by atoms with E-state index in [2.05, 4.69) is 31.1 Å². The number of unbranched alkanes of at least 4 members (excludes halogenated alkanes) is 1. The lowest BCUT2D eigenvalue weighted by Crippen LogP contribution is -2.50. The van der Waals surface area contributed by atoms with Crippen LogP contribution in [0, 0.1) is 5.92 Å². The van der Waals surface area contributed by atoms with Crippen molar-refractivity contribution in [2.24, 2.45) is 5.92 Å². The molecule has 0 aromatic carbocycles. The van der Waals surface area contributed by atoms with Gasteiger partial charge in [-0.2, -0.15) is 0 Å². The van der Waals surface area contributed by atoms with Crippen molar-refractivity contribution in [3.05, 3.63) is 0 Å². The molecule has 0 radical (unpaired) electrons. The summed E-state index contributed by atoms with van der Waals surface area (Å²) in [5.74, 6) is -0.0271. The monoisotopic (exact) mass is 270 g/mol. The van der Waals surface area contributed by atoms with Crippen LogP contribution in [0.4, 0.5) is 0 Å². The van der Waals surface area contributed by atoms with Gasteiger partial charge in [-0.3, -0.25) is 10.1 Å². The molecule has 2 N–H and O–H groups in total. The third kappa shape index (κ3) is 6.39. The minimum absolute atomic E-state index is 0.435. The molecule has 0 aliphatic heterocycles. The summed E-state index contributed by atoms with van der Waals surface area (Å²) in [4.78, 5) is 13.7. The minimum atomic E-state index is -0.738. The Morgan fingerprint density at radius 3 is 2.53 bits per heavy atom. The van der Waals surface area contributed by atoms with E-state index in [1.54, 1.807) is 0 Å². The predicted octanol–water partition coefficient (Wildman–Crippen LogP) is 2.34. The molecular formula is C15H30N2O2. The molecule has 4 nitrogen and oxygen atoms in total. The summed E-state index contributed by atoms with van der Waals surface area (Å²) in [6.07, 6.45) is 5.00. The molecule has 1 rings (SSSR count). The van der Waals surface area contributed by atoms with Crippen LogP contribution in [0.25, 0.3) is 0 Å². The van der Waals surface area contributed by atoms with Gasteiger partial charge >= 0.3 is 5.97 Å². The van der Waals surface area contributed by atoms with Gasteiger partial charge < -0.3 is 10.0 Å². The normalized spacial score (nSPS) is 18.8. The number of hydrogen-bond acceptors (Lipinski definition) is 3. The molecule has 1 unspecified atom stereocenters. The number of rotatable bonds is 10. The van der Waals surface area contributed by atoms with Crippen molar-refractivity contribution in [1.29, 1.82) is 0 Å². The smallest absolute Gasteiger partial charge is 0.323 e. The number of carboxylic acid groups (broad SMARTS) is 1. The number of hydrogen-bond donors (Lipinski definition) is 2. The fourth-order valence-electron chi connectivity index (χ4n) is 2.49. The van der Waals surface area contributed by atoms with Gasteiger partial charge in [-0.1, -0.05) is 13.8 Å². The zero-order chi connectivity index (χ0) is 14.5. The van der Waals surface area contributed by atoms with Crippen molar-refractivity contribution >= 4 is 5.97 Å². The lowest BCUT2D eigenvalue weighted by atomic mass is 9.94. The summed E-state index contributed by atoms with van der Waals surface area (Å²) in [5.41, 5.74) is -0.738. The summed E-state index contributed by atoms with van der Waals surface area (Å²) in [6, 6.07) is 0.435. The number of carboxylic acids is 1. The fraction of sp³-hybridized carbons (Fsp3) is 0.933. The second-order valence-corrected chi connectivity index (χ2v) is 6.67. The summed E-state index contributed by atoms with van der Waals surface area (Å²) in [7, 11) is 2.14. The largest absolute Gasteiger partial charge is 0.480 e. The van der Waals surface area contributed by atoms with Gasteiger partial charge in [0, 0.05) is 12.6 Å². The first-order valence-electron chi connectivity index (χ1n) is 7.53. The second-order valence-electron chi connectivity index (χ2n) is 6.67. The molecule has 1 fully saturated rings. The molecule has 1 saturated carbocycles. The lowest BCUT2D eigenvalue weighted by Gasteiger charge is -2.27. The van der Waals surface area contributed by atoms with Crippen LogP contribution in [0.5, 0.6) is 0 Å². The molecule has 0 amide bonds. The minimum Gasteiger partial charge on any atom is -0.480 e. The first-order chi connectivity index (χ1) is 8.83. The van der Waals surface area contributed by atoms with Crippen LogP contribution >= 0.6 is 0 Å². The van der Waals surface area contributed by atoms with Crippen LogP contribution in [-0.4, -0.2) is 47.7 Å². The maximum atomic E-state index is 11.4. The third-order valence-corrected chi connectivity index (χ3v) is 3.72. The highest BCUT2D eigenvalue weighted by atomic mass is 16.4. The van der Waals surface area contributed by atoms with E-state index < -0.39 is 11.5 Å². The van der Waals surface area contributed by atoms with Crippen LogP contribution in [0.1, 0.15) is 52.9 Å². The molecule has 1 aliphatic carbocycles. The van der Waals surface area contributed by atoms with Crippen LogP contribution < -0.4 is 5.32 Å². The summed E-state index contributed by atoms with van der Waals surface area (Å²) >= 11 is 0. The number of aliphatic carboxylic acids is 1. The zero-order valence-electron chi connectivity index (χ0n) is 12.9. The highest BCUT2D eigenvalue weighted by Gasteiger charge is 2.37. The van der Waals surface area contributed by atoms with Crippen molar-refractivity contribution in [3.63, 3.8) is 0 Å². The average Bonchev–Trinajstić information content (AvgIpc) is 3.07. The van der Waals surface area contributed by atoms with Crippen LogP contribution in [-0.2, 0) is 4.79 Å². The predicted molar refractivity (Wildman–Crippen MR) is 78.4 cm³/mol. The maximum Gasteiger partial charge on any atom is 0.323 e. The molecular weight excluding hydrogens is 240 g/mol. The molecule has 0 heterocycles. The highest BCUT2D eigenvalue weighted by Crippen LogP contribution is 2.25. The molecule has 0 aromatic heterocycles. The fourth-order valence-corrected chi connectivity index (χ4v) is 2.49. The Labute approximate surface area is 117 Å². The Hall–Kier alpha value is -0.610. The molecule has 0 bridgehead atoms. The van der Waals surface area contributed by atoms with E-state index in [-0.39, 0.29) is 0 Å². The van der Waals surface area contributed by atoms with E-state index in [0.717, 1.165) is 38.8 Å². The lowest BCUT2D eigenvalue weighted by molar-refractivity contribution is -0.144. The Kier molecular flexibility index (Phi) is 6.27. The summed E-state index contributed by atoms with van der Waals surface area (Å²) in [5, 5.41) is 12.6. The average molecular weight is 270 g/mol. The zero-order valence-corrected chi connectivity index (χ0v) is 12.9. The first-order valence-corrected chi connectivity index (χ1v) is 7.53. The Morgan fingerprint density at radius 1 is 1.42 bits per heavy atom. The van der Waals surface area contributed by atoms with E-state index in [1.165, 1.54) is 0 Å². The Morgan fingerprint density at radius 2 is 2.05 bits per heavy atom. The van der Waals surface area contributed by atoms with Crippen LogP contribution in [0.15, 0.2) is 0 Å². The standard InChI is InChI=1S/C15H30N2O2/c1-12(2)11-17(4)10-6-5-9-15(3,14(18)19)16-13-7-8-13/h12-13,16H,5-11H2,1-4H3,(H,18,19). The van der Waals surface area contributed by atoms with E-state index in [9.17, 15) is 9.90 Å². The van der Waals surface area contributed by atoms with Gasteiger partial charge in [0.15, 0.2) is 0 Å². The summed E-state index contributed by atoms with van der Waals surface area (Å²) < 4.78 is 0. The van der Waals surface area contributed by atoms with Crippen molar-refractivity contribution in [2.45, 2.75) is 64.5 Å². The molecule has 4 heteroatoms. The first kappa shape index (κ1) is 16.4. The van der Waals surface area contributed by atoms with E-state index in [1.807, 2.05) is 6.92 Å². The number of nitrogens with one attached hydrogen (secondary N) is 1. The van der Waals surface area contributed by atoms with Gasteiger partial charge in [0.05, 0.1) is 0 Å². The van der Waals surface area contributed by atoms with Gasteiger partial charge in [-0.25, -0.2) is 0 Å². The summed E-state index contributed by atoms with van der Waals surface area (Å²) in [6.45, 7) is 8.43. The van der Waals surface area contributed by atoms with E-state index in [4.69, 9.17) is 0 Å². The number of carbonyl (C=O) groups is 1. The number of nitrogens with zero attached hydrogens (tertiary/aromatic N) is 1. The molecule has 1 atom stereocenters. The van der Waals surface area contributed by atoms with Gasteiger partial charge in [0.25, 0.3) is 0 Å². The molecule has 0 saturated heterocycles. The molecule has 112 valence electrons. The SMILES string of the molecule is CC(C)CN(C)CCCCC(C)(NC1CC1)C(=O)O. The van der Waals surface area contributed by atoms with Crippen molar-refractivity contribution in [3.8, 4) is 0 Å². The Bertz CT molecular complexity index is 290. The highest BCUT2D eigenvalue weighted by molar-refractivity contribution is 5.78. The quantitative estimate of drug-likeness (QED) is 0.598. The third-order valence-electron chi connectivity index (χ3n) is 3.72. The van der Waals surface area contributed by atoms with E-state index in [0.29, 0.717) is 18.4 Å². The molecule has 0 aromatic rings. The second kappa shape index (κ2) is 7.25. The van der Waals surface area contributed by atoms with Crippen LogP contribution in [0.3, 0.4) is 0 Å².